The third-order valence-electron chi connectivity index (χ3n) is 2.28. The highest BCUT2D eigenvalue weighted by molar-refractivity contribution is 5.49. The maximum atomic E-state index is 10.9. The van der Waals surface area contributed by atoms with E-state index >= 15 is 0 Å². The van der Waals surface area contributed by atoms with Crippen molar-refractivity contribution in [2.75, 3.05) is 5.43 Å². The van der Waals surface area contributed by atoms with E-state index < -0.39 is 4.92 Å². The van der Waals surface area contributed by atoms with Gasteiger partial charge in [0.25, 0.3) is 0 Å². The fraction of sp³-hybridized carbons (Fsp3) is 0.0909. The van der Waals surface area contributed by atoms with Crippen LogP contribution in [0, 0.1) is 17.0 Å². The Balaban J connectivity index is 2.34. The van der Waals surface area contributed by atoms with Crippen LogP contribution >= 0.6 is 0 Å². The molecule has 1 heterocycles. The second-order valence-electron chi connectivity index (χ2n) is 3.69. The number of rotatable bonds is 4. The van der Waals surface area contributed by atoms with Crippen LogP contribution in [-0.2, 0) is 0 Å². The number of aromatic nitrogens is 2. The van der Waals surface area contributed by atoms with Crippen molar-refractivity contribution in [3.05, 3.63) is 46.1 Å². The van der Waals surface area contributed by atoms with E-state index in [1.807, 2.05) is 0 Å². The van der Waals surface area contributed by atoms with Gasteiger partial charge in [0.2, 0.25) is 17.6 Å². The maximum absolute atomic E-state index is 10.9. The van der Waals surface area contributed by atoms with E-state index in [2.05, 4.69) is 15.4 Å². The molecule has 0 aliphatic rings. The number of anilines is 1. The predicted molar refractivity (Wildman–Crippen MR) is 67.7 cm³/mol. The lowest BCUT2D eigenvalue weighted by atomic mass is 10.2. The van der Waals surface area contributed by atoms with Crippen molar-refractivity contribution in [3.8, 4) is 11.6 Å². The Bertz CT molecular complexity index is 617. The van der Waals surface area contributed by atoms with Crippen molar-refractivity contribution in [1.29, 1.82) is 0 Å². The Labute approximate surface area is 108 Å². The minimum atomic E-state index is -0.508. The van der Waals surface area contributed by atoms with Gasteiger partial charge >= 0.3 is 5.69 Å². The highest BCUT2D eigenvalue weighted by Gasteiger charge is 2.16. The van der Waals surface area contributed by atoms with Gasteiger partial charge in [0.1, 0.15) is 0 Å². The second kappa shape index (κ2) is 5.27. The Kier molecular flexibility index (Phi) is 3.53. The molecule has 0 spiro atoms. The number of ether oxygens (including phenoxy) is 1. The van der Waals surface area contributed by atoms with Crippen molar-refractivity contribution in [2.45, 2.75) is 6.92 Å². The predicted octanol–water partition coefficient (Wildman–Crippen LogP) is 1.77. The molecule has 0 atom stereocenters. The summed E-state index contributed by atoms with van der Waals surface area (Å²) in [5.41, 5.74) is 2.91. The molecule has 8 nitrogen and oxygen atoms in total. The van der Waals surface area contributed by atoms with Crippen molar-refractivity contribution in [2.24, 2.45) is 5.84 Å². The monoisotopic (exact) mass is 261 g/mol. The van der Waals surface area contributed by atoms with Gasteiger partial charge in [-0.15, -0.1) is 0 Å². The highest BCUT2D eigenvalue weighted by Crippen LogP contribution is 2.31. The Hall–Kier alpha value is -2.74. The quantitative estimate of drug-likeness (QED) is 0.489. The highest BCUT2D eigenvalue weighted by atomic mass is 16.6. The largest absolute Gasteiger partial charge is 0.432 e. The standard InChI is InChI=1S/C11H11N5O3/c1-7-2-3-9(8(6-7)16(17)18)19-10-4-5-13-11(14-10)15-12/h2-6H,12H2,1H3,(H,13,14,15). The average molecular weight is 261 g/mol. The minimum absolute atomic E-state index is 0.109. The smallest absolute Gasteiger partial charge is 0.311 e. The zero-order valence-electron chi connectivity index (χ0n) is 10.0. The summed E-state index contributed by atoms with van der Waals surface area (Å²) in [6, 6.07) is 6.14. The molecule has 0 unspecified atom stereocenters. The van der Waals surface area contributed by atoms with Gasteiger partial charge in [0.15, 0.2) is 0 Å². The number of nitro groups is 1. The molecule has 0 saturated heterocycles. The van der Waals surface area contributed by atoms with Crippen molar-refractivity contribution >= 4 is 11.6 Å². The fourth-order valence-corrected chi connectivity index (χ4v) is 1.44. The summed E-state index contributed by atoms with van der Waals surface area (Å²) < 4.78 is 5.38. The topological polar surface area (TPSA) is 116 Å². The molecule has 0 fully saturated rings. The first-order chi connectivity index (χ1) is 9.10. The number of hydrogen-bond acceptors (Lipinski definition) is 7. The van der Waals surface area contributed by atoms with Gasteiger partial charge in [-0.1, -0.05) is 6.07 Å². The van der Waals surface area contributed by atoms with Gasteiger partial charge < -0.3 is 4.74 Å². The van der Waals surface area contributed by atoms with Crippen LogP contribution in [-0.4, -0.2) is 14.9 Å². The molecule has 0 aliphatic carbocycles. The molecule has 0 radical (unpaired) electrons. The van der Waals surface area contributed by atoms with E-state index in [4.69, 9.17) is 10.6 Å². The first-order valence-corrected chi connectivity index (χ1v) is 5.32. The molecule has 1 aromatic carbocycles. The lowest BCUT2D eigenvalue weighted by molar-refractivity contribution is -0.385. The van der Waals surface area contributed by atoms with Gasteiger partial charge in [-0.25, -0.2) is 10.8 Å². The first kappa shape index (κ1) is 12.7. The second-order valence-corrected chi connectivity index (χ2v) is 3.69. The number of nitrogen functional groups attached to an aromatic ring is 1. The average Bonchev–Trinajstić information content (AvgIpc) is 2.41. The number of nitrogens with one attached hydrogen (secondary N) is 1. The van der Waals surface area contributed by atoms with E-state index in [1.165, 1.54) is 24.4 Å². The molecule has 19 heavy (non-hydrogen) atoms. The van der Waals surface area contributed by atoms with E-state index in [-0.39, 0.29) is 23.3 Å². The summed E-state index contributed by atoms with van der Waals surface area (Å²) in [6.45, 7) is 1.76. The molecule has 8 heteroatoms. The Morgan fingerprint density at radius 1 is 1.42 bits per heavy atom. The van der Waals surface area contributed by atoms with Gasteiger partial charge in [-0.2, -0.15) is 4.98 Å². The van der Waals surface area contributed by atoms with Gasteiger partial charge in [0.05, 0.1) is 4.92 Å². The Morgan fingerprint density at radius 2 is 2.21 bits per heavy atom. The van der Waals surface area contributed by atoms with E-state index in [9.17, 15) is 10.1 Å². The van der Waals surface area contributed by atoms with Crippen molar-refractivity contribution < 1.29 is 9.66 Å². The maximum Gasteiger partial charge on any atom is 0.311 e. The van der Waals surface area contributed by atoms with E-state index in [1.54, 1.807) is 13.0 Å². The normalized spacial score (nSPS) is 10.0. The van der Waals surface area contributed by atoms with Crippen LogP contribution in [0.3, 0.4) is 0 Å². The molecule has 3 N–H and O–H groups in total. The number of benzene rings is 1. The lowest BCUT2D eigenvalue weighted by Crippen LogP contribution is -2.10. The number of aryl methyl sites for hydroxylation is 1. The number of hydrazine groups is 1. The number of nitro benzene ring substituents is 1. The van der Waals surface area contributed by atoms with Crippen LogP contribution in [0.15, 0.2) is 30.5 Å². The Morgan fingerprint density at radius 3 is 2.89 bits per heavy atom. The minimum Gasteiger partial charge on any atom is -0.432 e. The molecular weight excluding hydrogens is 250 g/mol. The van der Waals surface area contributed by atoms with Crippen LogP contribution in [0.25, 0.3) is 0 Å². The van der Waals surface area contributed by atoms with E-state index in [0.29, 0.717) is 0 Å². The summed E-state index contributed by atoms with van der Waals surface area (Å²) >= 11 is 0. The number of nitrogens with two attached hydrogens (primary N) is 1. The van der Waals surface area contributed by atoms with Crippen LogP contribution < -0.4 is 16.0 Å². The zero-order valence-corrected chi connectivity index (χ0v) is 10.0. The molecule has 0 saturated carbocycles. The van der Waals surface area contributed by atoms with Crippen molar-refractivity contribution in [1.82, 2.24) is 9.97 Å². The molecular formula is C11H11N5O3. The third kappa shape index (κ3) is 2.93. The van der Waals surface area contributed by atoms with Crippen LogP contribution in [0.5, 0.6) is 11.6 Å². The molecule has 2 aromatic rings. The third-order valence-corrected chi connectivity index (χ3v) is 2.28. The number of nitrogens with zero attached hydrogens (tertiary/aromatic N) is 3. The fourth-order valence-electron chi connectivity index (χ4n) is 1.44. The van der Waals surface area contributed by atoms with Gasteiger partial charge in [0, 0.05) is 18.3 Å². The first-order valence-electron chi connectivity index (χ1n) is 5.32. The lowest BCUT2D eigenvalue weighted by Gasteiger charge is -2.06. The van der Waals surface area contributed by atoms with E-state index in [0.717, 1.165) is 5.56 Å². The summed E-state index contributed by atoms with van der Waals surface area (Å²) in [4.78, 5) is 18.2. The van der Waals surface area contributed by atoms with Crippen LogP contribution in [0.4, 0.5) is 11.6 Å². The molecule has 1 aromatic heterocycles. The number of hydrogen-bond donors (Lipinski definition) is 2. The molecule has 0 aliphatic heterocycles. The summed E-state index contributed by atoms with van der Waals surface area (Å²) in [5.74, 6) is 5.60. The van der Waals surface area contributed by atoms with Crippen LogP contribution in [0.1, 0.15) is 5.56 Å². The van der Waals surface area contributed by atoms with Crippen LogP contribution in [0.2, 0.25) is 0 Å². The molecule has 0 amide bonds. The summed E-state index contributed by atoms with van der Waals surface area (Å²) in [7, 11) is 0. The van der Waals surface area contributed by atoms with Gasteiger partial charge in [-0.05, 0) is 18.6 Å². The summed E-state index contributed by atoms with van der Waals surface area (Å²) in [6.07, 6.45) is 1.43. The van der Waals surface area contributed by atoms with Crippen molar-refractivity contribution in [3.63, 3.8) is 0 Å². The SMILES string of the molecule is Cc1ccc(Oc2ccnc(NN)n2)c([N+](=O)[O-])c1. The zero-order chi connectivity index (χ0) is 13.8. The molecule has 98 valence electrons. The van der Waals surface area contributed by atoms with Gasteiger partial charge in [-0.3, -0.25) is 15.5 Å². The summed E-state index contributed by atoms with van der Waals surface area (Å²) in [5, 5.41) is 10.9. The molecule has 2 rings (SSSR count). The molecule has 0 bridgehead atoms.